The topological polar surface area (TPSA) is 96.2 Å². The molecule has 0 saturated carbocycles. The number of anilines is 1. The first-order valence-electron chi connectivity index (χ1n) is 8.26. The van der Waals surface area contributed by atoms with Crippen LogP contribution in [0.25, 0.3) is 5.69 Å². The lowest BCUT2D eigenvalue weighted by Gasteiger charge is -2.46. The number of carbonyl (C=O) groups is 1. The van der Waals surface area contributed by atoms with E-state index in [2.05, 4.69) is 20.8 Å². The fraction of sp³-hybridized carbons (Fsp3) is 0.500. The van der Waals surface area contributed by atoms with Crippen LogP contribution in [0, 0.1) is 5.41 Å². The Morgan fingerprint density at radius 2 is 2.12 bits per heavy atom. The molecule has 2 atom stereocenters. The molecule has 2 N–H and O–H groups in total. The van der Waals surface area contributed by atoms with Crippen LogP contribution in [0.3, 0.4) is 0 Å². The van der Waals surface area contributed by atoms with Crippen molar-refractivity contribution in [2.24, 2.45) is 5.41 Å². The lowest BCUT2D eigenvalue weighted by molar-refractivity contribution is -0.142. The van der Waals surface area contributed by atoms with Gasteiger partial charge in [-0.3, -0.25) is 4.79 Å². The van der Waals surface area contributed by atoms with Crippen LogP contribution < -0.4 is 10.2 Å². The molecular weight excluding hydrogens is 308 g/mol. The number of aromatic nitrogens is 4. The van der Waals surface area contributed by atoms with Gasteiger partial charge in [0.15, 0.2) is 0 Å². The van der Waals surface area contributed by atoms with Crippen LogP contribution in [0.1, 0.15) is 19.3 Å². The van der Waals surface area contributed by atoms with Crippen LogP contribution in [0.15, 0.2) is 30.3 Å². The summed E-state index contributed by atoms with van der Waals surface area (Å²) >= 11 is 0. The maximum absolute atomic E-state index is 12.5. The highest BCUT2D eigenvalue weighted by Gasteiger charge is 2.50. The van der Waals surface area contributed by atoms with E-state index in [-0.39, 0.29) is 5.91 Å². The molecule has 1 aromatic heterocycles. The highest BCUT2D eigenvalue weighted by molar-refractivity contribution is 5.85. The Kier molecular flexibility index (Phi) is 3.68. The molecule has 1 spiro atoms. The summed E-state index contributed by atoms with van der Waals surface area (Å²) < 4.78 is 1.67. The minimum atomic E-state index is -0.774. The third-order valence-electron chi connectivity index (χ3n) is 5.06. The molecule has 2 aromatic rings. The number of tetrazole rings is 1. The van der Waals surface area contributed by atoms with Crippen molar-refractivity contribution in [3.63, 3.8) is 0 Å². The molecule has 126 valence electrons. The van der Waals surface area contributed by atoms with Crippen molar-refractivity contribution in [2.75, 3.05) is 24.5 Å². The van der Waals surface area contributed by atoms with Crippen LogP contribution in [0.2, 0.25) is 0 Å². The first kappa shape index (κ1) is 15.1. The molecule has 0 radical (unpaired) electrons. The molecule has 3 heterocycles. The molecule has 24 heavy (non-hydrogen) atoms. The summed E-state index contributed by atoms with van der Waals surface area (Å²) in [6.45, 7) is 1.71. The van der Waals surface area contributed by atoms with Crippen LogP contribution in [0.4, 0.5) is 5.95 Å². The zero-order valence-corrected chi connectivity index (χ0v) is 13.3. The lowest BCUT2D eigenvalue weighted by Crippen LogP contribution is -2.61. The Labute approximate surface area is 139 Å². The molecule has 8 nitrogen and oxygen atoms in total. The number of amides is 1. The second kappa shape index (κ2) is 5.86. The molecule has 2 fully saturated rings. The minimum Gasteiger partial charge on any atom is -0.392 e. The zero-order valence-electron chi connectivity index (χ0n) is 13.3. The number of piperidine rings is 2. The van der Waals surface area contributed by atoms with Crippen LogP contribution in [0.5, 0.6) is 0 Å². The molecular formula is C16H20N6O2. The number of nitrogens with zero attached hydrogens (tertiary/aromatic N) is 5. The van der Waals surface area contributed by atoms with Crippen molar-refractivity contribution in [3.05, 3.63) is 30.3 Å². The number of hydrogen-bond donors (Lipinski definition) is 2. The summed E-state index contributed by atoms with van der Waals surface area (Å²) in [6.07, 6.45) is 1.45. The van der Waals surface area contributed by atoms with Crippen molar-refractivity contribution in [2.45, 2.75) is 25.4 Å². The average molecular weight is 328 g/mol. The molecule has 2 saturated heterocycles. The number of nitrogens with one attached hydrogen (secondary N) is 1. The third-order valence-corrected chi connectivity index (χ3v) is 5.06. The van der Waals surface area contributed by atoms with Crippen molar-refractivity contribution < 1.29 is 9.90 Å². The normalized spacial score (nSPS) is 27.3. The van der Waals surface area contributed by atoms with E-state index in [1.807, 2.05) is 35.2 Å². The van der Waals surface area contributed by atoms with Crippen molar-refractivity contribution in [1.82, 2.24) is 25.5 Å². The van der Waals surface area contributed by atoms with E-state index in [0.29, 0.717) is 38.4 Å². The van der Waals surface area contributed by atoms with Gasteiger partial charge in [0.2, 0.25) is 11.9 Å². The van der Waals surface area contributed by atoms with Crippen LogP contribution in [-0.2, 0) is 4.79 Å². The van der Waals surface area contributed by atoms with E-state index in [1.165, 1.54) is 0 Å². The van der Waals surface area contributed by atoms with Crippen LogP contribution >= 0.6 is 0 Å². The monoisotopic (exact) mass is 328 g/mol. The fourth-order valence-electron chi connectivity index (χ4n) is 3.73. The molecule has 1 aromatic carbocycles. The smallest absolute Gasteiger partial charge is 0.250 e. The van der Waals surface area contributed by atoms with Gasteiger partial charge in [-0.15, -0.1) is 0 Å². The van der Waals surface area contributed by atoms with Gasteiger partial charge in [0.05, 0.1) is 17.2 Å². The quantitative estimate of drug-likeness (QED) is 0.813. The first-order valence-corrected chi connectivity index (χ1v) is 8.26. The van der Waals surface area contributed by atoms with Gasteiger partial charge in [-0.25, -0.2) is 0 Å². The second-order valence-electron chi connectivity index (χ2n) is 6.47. The number of hydrogen-bond acceptors (Lipinski definition) is 6. The van der Waals surface area contributed by atoms with E-state index < -0.39 is 11.5 Å². The minimum absolute atomic E-state index is 0.0651. The summed E-state index contributed by atoms with van der Waals surface area (Å²) in [5.41, 5.74) is 0.0926. The van der Waals surface area contributed by atoms with Gasteiger partial charge in [0.1, 0.15) is 0 Å². The predicted molar refractivity (Wildman–Crippen MR) is 86.7 cm³/mol. The average Bonchev–Trinajstić information content (AvgIpc) is 3.10. The highest BCUT2D eigenvalue weighted by atomic mass is 16.3. The van der Waals surface area contributed by atoms with Crippen molar-refractivity contribution >= 4 is 11.9 Å². The summed E-state index contributed by atoms with van der Waals surface area (Å²) in [5, 5.41) is 25.5. The summed E-state index contributed by atoms with van der Waals surface area (Å²) in [7, 11) is 0. The Bertz CT molecular complexity index is 733. The molecule has 1 amide bonds. The van der Waals surface area contributed by atoms with Gasteiger partial charge in [-0.1, -0.05) is 23.3 Å². The first-order chi connectivity index (χ1) is 11.7. The zero-order chi connectivity index (χ0) is 16.6. The van der Waals surface area contributed by atoms with Gasteiger partial charge in [-0.2, -0.15) is 4.68 Å². The predicted octanol–water partition coefficient (Wildman–Crippen LogP) is 0.130. The Hall–Kier alpha value is -2.48. The van der Waals surface area contributed by atoms with Gasteiger partial charge in [0.25, 0.3) is 0 Å². The largest absolute Gasteiger partial charge is 0.392 e. The number of carbonyl (C=O) groups excluding carboxylic acids is 1. The SMILES string of the molecule is O=C1NCCC[C@]12CN(c1nnnn1-c1ccccc1)CC[C@@H]2O. The Morgan fingerprint density at radius 3 is 2.92 bits per heavy atom. The van der Waals surface area contributed by atoms with Gasteiger partial charge in [0, 0.05) is 19.6 Å². The number of benzene rings is 1. The van der Waals surface area contributed by atoms with Gasteiger partial charge in [-0.05, 0) is 41.8 Å². The number of aliphatic hydroxyl groups is 1. The van der Waals surface area contributed by atoms with E-state index in [1.54, 1.807) is 4.68 Å². The summed E-state index contributed by atoms with van der Waals surface area (Å²) in [4.78, 5) is 14.5. The van der Waals surface area contributed by atoms with E-state index in [0.717, 1.165) is 12.1 Å². The third kappa shape index (κ3) is 2.34. The molecule has 4 rings (SSSR count). The van der Waals surface area contributed by atoms with Gasteiger partial charge >= 0.3 is 0 Å². The number of para-hydroxylation sites is 1. The van der Waals surface area contributed by atoms with Crippen molar-refractivity contribution in [1.29, 1.82) is 0 Å². The number of rotatable bonds is 2. The molecule has 2 aliphatic heterocycles. The maximum Gasteiger partial charge on any atom is 0.250 e. The van der Waals surface area contributed by atoms with Crippen LogP contribution in [-0.4, -0.2) is 57.0 Å². The molecule has 2 aliphatic rings. The summed E-state index contributed by atoms with van der Waals surface area (Å²) in [5.74, 6) is 0.538. The lowest BCUT2D eigenvalue weighted by atomic mass is 9.71. The maximum atomic E-state index is 12.5. The Balaban J connectivity index is 1.66. The van der Waals surface area contributed by atoms with E-state index in [9.17, 15) is 9.90 Å². The molecule has 0 unspecified atom stereocenters. The van der Waals surface area contributed by atoms with Gasteiger partial charge < -0.3 is 15.3 Å². The standard InChI is InChI=1S/C16H20N6O2/c23-13-7-10-21(11-16(13)8-4-9-17-14(16)24)15-18-19-20-22(15)12-5-2-1-3-6-12/h1-3,5-6,13,23H,4,7-11H2,(H,17,24)/t13-,16+/m0/s1. The number of aliphatic hydroxyl groups excluding tert-OH is 1. The molecule has 0 aliphatic carbocycles. The molecule has 0 bridgehead atoms. The molecule has 8 heteroatoms. The highest BCUT2D eigenvalue weighted by Crippen LogP contribution is 2.38. The second-order valence-corrected chi connectivity index (χ2v) is 6.47. The van der Waals surface area contributed by atoms with Crippen molar-refractivity contribution in [3.8, 4) is 5.69 Å². The summed E-state index contributed by atoms with van der Waals surface area (Å²) in [6, 6.07) is 9.66. The Morgan fingerprint density at radius 1 is 1.29 bits per heavy atom. The fourth-order valence-corrected chi connectivity index (χ4v) is 3.73. The van der Waals surface area contributed by atoms with E-state index >= 15 is 0 Å². The van der Waals surface area contributed by atoms with E-state index in [4.69, 9.17) is 0 Å².